The molecule has 2 N–H and O–H groups in total. The van der Waals surface area contributed by atoms with E-state index < -0.39 is 11.6 Å². The normalized spacial score (nSPS) is 12.8. The number of hydrogen-bond acceptors (Lipinski definition) is 1. The molecule has 122 valence electrons. The van der Waals surface area contributed by atoms with Gasteiger partial charge >= 0.3 is 0 Å². The molecule has 0 heterocycles. The van der Waals surface area contributed by atoms with E-state index in [2.05, 4.69) is 34.7 Å². The first-order valence-corrected chi connectivity index (χ1v) is 7.53. The molecule has 0 amide bonds. The molecule has 1 unspecified atom stereocenters. The molecular formula is C18H21F2N3. The number of hydrogen-bond donors (Lipinski definition) is 2. The first kappa shape index (κ1) is 16.9. The van der Waals surface area contributed by atoms with Crippen LogP contribution in [-0.2, 0) is 6.54 Å². The third-order valence-electron chi connectivity index (χ3n) is 3.62. The zero-order valence-electron chi connectivity index (χ0n) is 13.3. The van der Waals surface area contributed by atoms with Gasteiger partial charge in [0.15, 0.2) is 5.96 Å². The SMILES string of the molecule is CN=C(NCc1cc(F)ccc1F)NCC(C)c1ccccc1. The van der Waals surface area contributed by atoms with Crippen LogP contribution in [-0.4, -0.2) is 19.6 Å². The summed E-state index contributed by atoms with van der Waals surface area (Å²) in [5, 5.41) is 6.19. The molecule has 0 saturated heterocycles. The smallest absolute Gasteiger partial charge is 0.191 e. The van der Waals surface area contributed by atoms with Gasteiger partial charge in [0, 0.05) is 25.7 Å². The van der Waals surface area contributed by atoms with Crippen molar-refractivity contribution in [1.82, 2.24) is 10.6 Å². The average Bonchev–Trinajstić information content (AvgIpc) is 2.58. The van der Waals surface area contributed by atoms with Crippen LogP contribution in [0.5, 0.6) is 0 Å². The fraction of sp³-hybridized carbons (Fsp3) is 0.278. The number of benzene rings is 2. The first-order valence-electron chi connectivity index (χ1n) is 7.53. The topological polar surface area (TPSA) is 36.4 Å². The first-order chi connectivity index (χ1) is 11.1. The van der Waals surface area contributed by atoms with Crippen molar-refractivity contribution in [3.63, 3.8) is 0 Å². The van der Waals surface area contributed by atoms with Crippen molar-refractivity contribution in [2.45, 2.75) is 19.4 Å². The Labute approximate surface area is 135 Å². The van der Waals surface area contributed by atoms with E-state index >= 15 is 0 Å². The van der Waals surface area contributed by atoms with Crippen molar-refractivity contribution >= 4 is 5.96 Å². The summed E-state index contributed by atoms with van der Waals surface area (Å²) in [6, 6.07) is 13.6. The predicted molar refractivity (Wildman–Crippen MR) is 89.4 cm³/mol. The Morgan fingerprint density at radius 1 is 1.09 bits per heavy atom. The Balaban J connectivity index is 1.87. The molecule has 2 aromatic rings. The molecule has 0 fully saturated rings. The van der Waals surface area contributed by atoms with Crippen LogP contribution >= 0.6 is 0 Å². The molecule has 0 aliphatic rings. The maximum Gasteiger partial charge on any atom is 0.191 e. The van der Waals surface area contributed by atoms with E-state index in [1.54, 1.807) is 7.05 Å². The summed E-state index contributed by atoms with van der Waals surface area (Å²) in [5.74, 6) is -0.0343. The van der Waals surface area contributed by atoms with Crippen molar-refractivity contribution in [3.8, 4) is 0 Å². The van der Waals surface area contributed by atoms with Crippen LogP contribution in [0, 0.1) is 11.6 Å². The molecular weight excluding hydrogens is 296 g/mol. The molecule has 0 aromatic heterocycles. The summed E-state index contributed by atoms with van der Waals surface area (Å²) < 4.78 is 26.7. The fourth-order valence-corrected chi connectivity index (χ4v) is 2.23. The van der Waals surface area contributed by atoms with Crippen molar-refractivity contribution in [2.24, 2.45) is 4.99 Å². The lowest BCUT2D eigenvalue weighted by Gasteiger charge is -2.16. The third-order valence-corrected chi connectivity index (χ3v) is 3.62. The Kier molecular flexibility index (Phi) is 6.09. The fourth-order valence-electron chi connectivity index (χ4n) is 2.23. The molecule has 0 aliphatic carbocycles. The highest BCUT2D eigenvalue weighted by Crippen LogP contribution is 2.13. The van der Waals surface area contributed by atoms with Gasteiger partial charge < -0.3 is 10.6 Å². The van der Waals surface area contributed by atoms with E-state index in [0.717, 1.165) is 12.1 Å². The molecule has 1 atom stereocenters. The summed E-state index contributed by atoms with van der Waals surface area (Å²) in [7, 11) is 1.64. The zero-order valence-corrected chi connectivity index (χ0v) is 13.3. The molecule has 0 radical (unpaired) electrons. The van der Waals surface area contributed by atoms with Gasteiger partial charge in [-0.1, -0.05) is 37.3 Å². The second-order valence-electron chi connectivity index (χ2n) is 5.35. The second kappa shape index (κ2) is 8.27. The summed E-state index contributed by atoms with van der Waals surface area (Å²) in [5.41, 5.74) is 1.50. The third kappa shape index (κ3) is 5.06. The van der Waals surface area contributed by atoms with Crippen LogP contribution in [0.25, 0.3) is 0 Å². The highest BCUT2D eigenvalue weighted by atomic mass is 19.1. The van der Waals surface area contributed by atoms with Gasteiger partial charge in [0.05, 0.1) is 0 Å². The number of nitrogens with zero attached hydrogens (tertiary/aromatic N) is 1. The van der Waals surface area contributed by atoms with Crippen molar-refractivity contribution in [1.29, 1.82) is 0 Å². The minimum atomic E-state index is -0.455. The summed E-state index contributed by atoms with van der Waals surface area (Å²) in [6.07, 6.45) is 0. The van der Waals surface area contributed by atoms with Crippen molar-refractivity contribution in [3.05, 3.63) is 71.3 Å². The minimum Gasteiger partial charge on any atom is -0.356 e. The summed E-state index contributed by atoms with van der Waals surface area (Å²) >= 11 is 0. The quantitative estimate of drug-likeness (QED) is 0.655. The standard InChI is InChI=1S/C18H21F2N3/c1-13(14-6-4-3-5-7-14)11-22-18(21-2)23-12-15-10-16(19)8-9-17(15)20/h3-10,13H,11-12H2,1-2H3,(H2,21,22,23). The Hall–Kier alpha value is -2.43. The van der Waals surface area contributed by atoms with Gasteiger partial charge in [-0.15, -0.1) is 0 Å². The lowest BCUT2D eigenvalue weighted by molar-refractivity contribution is 0.580. The van der Waals surface area contributed by atoms with E-state index in [4.69, 9.17) is 0 Å². The van der Waals surface area contributed by atoms with Crippen molar-refractivity contribution in [2.75, 3.05) is 13.6 Å². The van der Waals surface area contributed by atoms with E-state index in [0.29, 0.717) is 18.4 Å². The maximum atomic E-state index is 13.6. The van der Waals surface area contributed by atoms with E-state index in [1.165, 1.54) is 11.6 Å². The van der Waals surface area contributed by atoms with Gasteiger partial charge in [0.1, 0.15) is 11.6 Å². The van der Waals surface area contributed by atoms with Crippen LogP contribution in [0.2, 0.25) is 0 Å². The van der Waals surface area contributed by atoms with Gasteiger partial charge in [-0.25, -0.2) is 8.78 Å². The van der Waals surface area contributed by atoms with Crippen LogP contribution < -0.4 is 10.6 Å². The van der Waals surface area contributed by atoms with Crippen LogP contribution in [0.15, 0.2) is 53.5 Å². The Bertz CT molecular complexity index is 657. The van der Waals surface area contributed by atoms with E-state index in [-0.39, 0.29) is 12.1 Å². The van der Waals surface area contributed by atoms with Crippen LogP contribution in [0.1, 0.15) is 24.0 Å². The van der Waals surface area contributed by atoms with Gasteiger partial charge in [0.25, 0.3) is 0 Å². The van der Waals surface area contributed by atoms with Gasteiger partial charge in [-0.2, -0.15) is 0 Å². The highest BCUT2D eigenvalue weighted by Gasteiger charge is 2.08. The molecule has 3 nitrogen and oxygen atoms in total. The molecule has 2 rings (SSSR count). The Morgan fingerprint density at radius 3 is 2.52 bits per heavy atom. The highest BCUT2D eigenvalue weighted by molar-refractivity contribution is 5.79. The van der Waals surface area contributed by atoms with Gasteiger partial charge in [0.2, 0.25) is 0 Å². The number of rotatable bonds is 5. The molecule has 0 saturated carbocycles. The van der Waals surface area contributed by atoms with Crippen LogP contribution in [0.4, 0.5) is 8.78 Å². The van der Waals surface area contributed by atoms with E-state index in [9.17, 15) is 8.78 Å². The summed E-state index contributed by atoms with van der Waals surface area (Å²) in [4.78, 5) is 4.10. The lowest BCUT2D eigenvalue weighted by atomic mass is 10.0. The maximum absolute atomic E-state index is 13.6. The largest absolute Gasteiger partial charge is 0.356 e. The lowest BCUT2D eigenvalue weighted by Crippen LogP contribution is -2.38. The second-order valence-corrected chi connectivity index (χ2v) is 5.35. The number of guanidine groups is 1. The molecule has 2 aromatic carbocycles. The van der Waals surface area contributed by atoms with E-state index in [1.807, 2.05) is 18.2 Å². The Morgan fingerprint density at radius 2 is 1.83 bits per heavy atom. The molecule has 0 spiro atoms. The molecule has 23 heavy (non-hydrogen) atoms. The monoisotopic (exact) mass is 317 g/mol. The molecule has 0 aliphatic heterocycles. The van der Waals surface area contributed by atoms with Crippen LogP contribution in [0.3, 0.4) is 0 Å². The van der Waals surface area contributed by atoms with Crippen molar-refractivity contribution < 1.29 is 8.78 Å². The summed E-state index contributed by atoms with van der Waals surface area (Å²) in [6.45, 7) is 2.97. The number of aliphatic imine (C=N–C) groups is 1. The predicted octanol–water partition coefficient (Wildman–Crippen LogP) is 3.43. The average molecular weight is 317 g/mol. The van der Waals surface area contributed by atoms with Gasteiger partial charge in [-0.05, 0) is 29.7 Å². The van der Waals surface area contributed by atoms with Gasteiger partial charge in [-0.3, -0.25) is 4.99 Å². The molecule has 0 bridgehead atoms. The minimum absolute atomic E-state index is 0.170. The number of nitrogens with one attached hydrogen (secondary N) is 2. The molecule has 5 heteroatoms. The zero-order chi connectivity index (χ0) is 16.7. The number of halogens is 2.